The van der Waals surface area contributed by atoms with Crippen LogP contribution in [0.1, 0.15) is 29.5 Å². The van der Waals surface area contributed by atoms with Gasteiger partial charge in [-0.05, 0) is 61.8 Å². The molecular weight excluding hydrogens is 388 g/mol. The first-order valence-electron chi connectivity index (χ1n) is 10.1. The smallest absolute Gasteiger partial charge is 0.228 e. The molecule has 7 heteroatoms. The minimum Gasteiger partial charge on any atom is -0.337 e. The van der Waals surface area contributed by atoms with E-state index in [0.29, 0.717) is 37.9 Å². The number of amides is 2. The third-order valence-corrected chi connectivity index (χ3v) is 5.18. The van der Waals surface area contributed by atoms with Crippen LogP contribution in [0.25, 0.3) is 0 Å². The number of carbonyl (C=O) groups excluding carboxylic acids is 2. The second-order valence-corrected chi connectivity index (χ2v) is 7.94. The van der Waals surface area contributed by atoms with Gasteiger partial charge in [0.05, 0.1) is 6.42 Å². The van der Waals surface area contributed by atoms with Gasteiger partial charge in [-0.2, -0.15) is 0 Å². The Morgan fingerprint density at radius 1 is 1.03 bits per heavy atom. The number of hydrogen-bond donors (Lipinski definition) is 1. The zero-order valence-electron chi connectivity index (χ0n) is 17.4. The Kier molecular flexibility index (Phi) is 7.15. The lowest BCUT2D eigenvalue weighted by molar-refractivity contribution is -0.132. The number of benzene rings is 2. The lowest BCUT2D eigenvalue weighted by Crippen LogP contribution is -2.36. The van der Waals surface area contributed by atoms with Crippen LogP contribution in [0.5, 0.6) is 0 Å². The highest BCUT2D eigenvalue weighted by atomic mass is 19.2. The van der Waals surface area contributed by atoms with Crippen LogP contribution in [0, 0.1) is 11.6 Å². The van der Waals surface area contributed by atoms with Gasteiger partial charge in [0.15, 0.2) is 11.6 Å². The molecule has 1 N–H and O–H groups in total. The third-order valence-electron chi connectivity index (χ3n) is 5.18. The van der Waals surface area contributed by atoms with Crippen LogP contribution < -0.4 is 5.32 Å². The maximum Gasteiger partial charge on any atom is 0.228 e. The molecule has 0 unspecified atom stereocenters. The molecule has 0 fully saturated rings. The Morgan fingerprint density at radius 3 is 2.53 bits per heavy atom. The van der Waals surface area contributed by atoms with Crippen molar-refractivity contribution in [3.05, 3.63) is 64.7 Å². The van der Waals surface area contributed by atoms with Crippen molar-refractivity contribution in [2.24, 2.45) is 0 Å². The van der Waals surface area contributed by atoms with Crippen LogP contribution in [0.15, 0.2) is 36.4 Å². The fourth-order valence-corrected chi connectivity index (χ4v) is 3.51. The van der Waals surface area contributed by atoms with E-state index in [1.54, 1.807) is 4.90 Å². The molecule has 0 spiro atoms. The van der Waals surface area contributed by atoms with Gasteiger partial charge in [0.1, 0.15) is 0 Å². The van der Waals surface area contributed by atoms with E-state index >= 15 is 0 Å². The number of anilines is 1. The van der Waals surface area contributed by atoms with Crippen LogP contribution in [0.3, 0.4) is 0 Å². The Labute approximate surface area is 175 Å². The summed E-state index contributed by atoms with van der Waals surface area (Å²) in [5.41, 5.74) is 3.52. The van der Waals surface area contributed by atoms with Crippen LogP contribution in [0.4, 0.5) is 14.5 Å². The van der Waals surface area contributed by atoms with Gasteiger partial charge in [0, 0.05) is 31.7 Å². The summed E-state index contributed by atoms with van der Waals surface area (Å²) in [6.07, 6.45) is 2.18. The molecule has 0 aliphatic carbocycles. The average Bonchev–Trinajstić information content (AvgIpc) is 3.06. The summed E-state index contributed by atoms with van der Waals surface area (Å²) in [6, 6.07) is 9.64. The monoisotopic (exact) mass is 415 g/mol. The number of rotatable bonds is 9. The van der Waals surface area contributed by atoms with E-state index in [0.717, 1.165) is 35.4 Å². The van der Waals surface area contributed by atoms with E-state index in [2.05, 4.69) is 5.32 Å². The third kappa shape index (κ3) is 5.86. The topological polar surface area (TPSA) is 52.7 Å². The summed E-state index contributed by atoms with van der Waals surface area (Å²) in [5, 5.41) is 2.81. The normalized spacial score (nSPS) is 12.8. The zero-order valence-corrected chi connectivity index (χ0v) is 17.4. The van der Waals surface area contributed by atoms with E-state index in [-0.39, 0.29) is 18.4 Å². The Bertz CT molecular complexity index is 931. The number of likely N-dealkylation sites (N-methyl/N-ethyl adjacent to an activating group) is 1. The van der Waals surface area contributed by atoms with Crippen LogP contribution >= 0.6 is 0 Å². The van der Waals surface area contributed by atoms with Gasteiger partial charge >= 0.3 is 0 Å². The molecule has 0 radical (unpaired) electrons. The first-order valence-corrected chi connectivity index (χ1v) is 10.1. The van der Waals surface area contributed by atoms with Gasteiger partial charge in [-0.25, -0.2) is 8.78 Å². The maximum atomic E-state index is 13.5. The molecule has 0 aromatic heterocycles. The van der Waals surface area contributed by atoms with E-state index in [1.165, 1.54) is 6.07 Å². The average molecular weight is 415 g/mol. The van der Waals surface area contributed by atoms with E-state index in [4.69, 9.17) is 0 Å². The SMILES string of the molecule is CN(C)CCN(Cc1ccc(F)c(F)c1)C(=O)CCCc1ccc2c(c1)CC(=O)N2. The highest BCUT2D eigenvalue weighted by molar-refractivity contribution is 5.99. The Morgan fingerprint density at radius 2 is 1.80 bits per heavy atom. The fourth-order valence-electron chi connectivity index (χ4n) is 3.51. The van der Waals surface area contributed by atoms with Crippen molar-refractivity contribution >= 4 is 17.5 Å². The van der Waals surface area contributed by atoms with Crippen LogP contribution in [0.2, 0.25) is 0 Å². The summed E-state index contributed by atoms with van der Waals surface area (Å²) in [7, 11) is 3.85. The lowest BCUT2D eigenvalue weighted by atomic mass is 10.0. The van der Waals surface area contributed by atoms with E-state index < -0.39 is 11.6 Å². The number of nitrogens with zero attached hydrogens (tertiary/aromatic N) is 2. The lowest BCUT2D eigenvalue weighted by Gasteiger charge is -2.25. The largest absolute Gasteiger partial charge is 0.337 e. The molecular formula is C23H27F2N3O2. The molecule has 3 rings (SSSR count). The van der Waals surface area contributed by atoms with Crippen molar-refractivity contribution < 1.29 is 18.4 Å². The molecule has 0 bridgehead atoms. The van der Waals surface area contributed by atoms with Crippen molar-refractivity contribution in [3.8, 4) is 0 Å². The minimum absolute atomic E-state index is 0.00564. The quantitative estimate of drug-likeness (QED) is 0.683. The van der Waals surface area contributed by atoms with Gasteiger partial charge in [-0.15, -0.1) is 0 Å². The second kappa shape index (κ2) is 9.80. The first-order chi connectivity index (χ1) is 14.3. The van der Waals surface area contributed by atoms with Crippen molar-refractivity contribution in [2.45, 2.75) is 32.2 Å². The summed E-state index contributed by atoms with van der Waals surface area (Å²) in [4.78, 5) is 28.0. The standard InChI is InChI=1S/C23H27F2N3O2/c1-27(2)10-11-28(15-17-6-8-19(24)20(25)13-17)23(30)5-3-4-16-7-9-21-18(12-16)14-22(29)26-21/h6-9,12-13H,3-5,10-11,14-15H2,1-2H3,(H,26,29). The van der Waals surface area contributed by atoms with Gasteiger partial charge in [0.25, 0.3) is 0 Å². The van der Waals surface area contributed by atoms with Crippen LogP contribution in [-0.2, 0) is 29.0 Å². The number of hydrogen-bond acceptors (Lipinski definition) is 3. The van der Waals surface area contributed by atoms with Gasteiger partial charge < -0.3 is 15.1 Å². The minimum atomic E-state index is -0.905. The van der Waals surface area contributed by atoms with Gasteiger partial charge in [0.2, 0.25) is 11.8 Å². The zero-order chi connectivity index (χ0) is 21.7. The number of aryl methyl sites for hydroxylation is 1. The predicted molar refractivity (Wildman–Crippen MR) is 112 cm³/mol. The Hall–Kier alpha value is -2.80. The first kappa shape index (κ1) is 21.9. The molecule has 0 saturated heterocycles. The molecule has 2 aromatic carbocycles. The molecule has 1 heterocycles. The summed E-state index contributed by atoms with van der Waals surface area (Å²) < 4.78 is 26.7. The van der Waals surface area contributed by atoms with Crippen molar-refractivity contribution in [2.75, 3.05) is 32.5 Å². The molecule has 5 nitrogen and oxygen atoms in total. The molecule has 30 heavy (non-hydrogen) atoms. The highest BCUT2D eigenvalue weighted by Crippen LogP contribution is 2.24. The fraction of sp³-hybridized carbons (Fsp3) is 0.391. The number of nitrogens with one attached hydrogen (secondary N) is 1. The maximum absolute atomic E-state index is 13.5. The number of halogens is 2. The number of fused-ring (bicyclic) bond motifs is 1. The number of carbonyl (C=O) groups is 2. The highest BCUT2D eigenvalue weighted by Gasteiger charge is 2.18. The molecule has 0 saturated carbocycles. The Balaban J connectivity index is 1.58. The van der Waals surface area contributed by atoms with E-state index in [9.17, 15) is 18.4 Å². The van der Waals surface area contributed by atoms with E-state index in [1.807, 2.05) is 37.2 Å². The predicted octanol–water partition coefficient (Wildman–Crippen LogP) is 3.37. The van der Waals surface area contributed by atoms with Crippen molar-refractivity contribution in [1.82, 2.24) is 9.80 Å². The van der Waals surface area contributed by atoms with Crippen LogP contribution in [-0.4, -0.2) is 48.8 Å². The molecule has 2 aromatic rings. The molecule has 2 amide bonds. The molecule has 160 valence electrons. The van der Waals surface area contributed by atoms with Crippen molar-refractivity contribution in [1.29, 1.82) is 0 Å². The van der Waals surface area contributed by atoms with Gasteiger partial charge in [-0.3, -0.25) is 9.59 Å². The van der Waals surface area contributed by atoms with Gasteiger partial charge in [-0.1, -0.05) is 18.2 Å². The second-order valence-electron chi connectivity index (χ2n) is 7.94. The summed E-state index contributed by atoms with van der Waals surface area (Å²) in [5.74, 6) is -1.81. The summed E-state index contributed by atoms with van der Waals surface area (Å²) in [6.45, 7) is 1.44. The van der Waals surface area contributed by atoms with Crippen molar-refractivity contribution in [3.63, 3.8) is 0 Å². The molecule has 1 aliphatic heterocycles. The summed E-state index contributed by atoms with van der Waals surface area (Å²) >= 11 is 0. The molecule has 1 aliphatic rings. The molecule has 0 atom stereocenters.